The first-order chi connectivity index (χ1) is 13.1. The average molecular weight is 389 g/mol. The minimum atomic E-state index is -0.475. The van der Waals surface area contributed by atoms with Crippen LogP contribution in [-0.2, 0) is 23.9 Å². The van der Waals surface area contributed by atoms with Crippen LogP contribution in [0.4, 0.5) is 0 Å². The van der Waals surface area contributed by atoms with Gasteiger partial charge in [-0.15, -0.1) is 0 Å². The lowest BCUT2D eigenvalue weighted by molar-refractivity contribution is -0.251. The number of carbonyl (C=O) groups excluding carboxylic acids is 3. The molecule has 0 aromatic heterocycles. The number of ether oxygens (including phenoxy) is 2. The highest BCUT2D eigenvalue weighted by Gasteiger charge is 2.80. The van der Waals surface area contributed by atoms with Crippen molar-refractivity contribution < 1.29 is 23.9 Å². The van der Waals surface area contributed by atoms with E-state index in [-0.39, 0.29) is 40.7 Å². The van der Waals surface area contributed by atoms with Crippen LogP contribution in [0, 0.1) is 40.4 Å². The molecule has 9 atom stereocenters. The number of fused-ring (bicyclic) bond motifs is 5. The van der Waals surface area contributed by atoms with Crippen LogP contribution in [-0.4, -0.2) is 29.4 Å². The van der Waals surface area contributed by atoms with E-state index in [1.54, 1.807) is 6.92 Å². The third-order valence-electron chi connectivity index (χ3n) is 9.88. The normalized spacial score (nSPS) is 53.8. The highest BCUT2D eigenvalue weighted by Crippen LogP contribution is 2.76. The third-order valence-corrected chi connectivity index (χ3v) is 9.88. The van der Waals surface area contributed by atoms with Crippen LogP contribution in [0.1, 0.15) is 72.6 Å². The Morgan fingerprint density at radius 1 is 1.04 bits per heavy atom. The van der Waals surface area contributed by atoms with Crippen LogP contribution >= 0.6 is 0 Å². The van der Waals surface area contributed by atoms with E-state index in [0.29, 0.717) is 30.0 Å². The van der Waals surface area contributed by atoms with Gasteiger partial charge in [0.15, 0.2) is 0 Å². The molecule has 0 amide bonds. The van der Waals surface area contributed by atoms with Crippen LogP contribution in [0.15, 0.2) is 0 Å². The number of hydrogen-bond donors (Lipinski definition) is 0. The van der Waals surface area contributed by atoms with Gasteiger partial charge in [-0.3, -0.25) is 14.4 Å². The van der Waals surface area contributed by atoms with Gasteiger partial charge >= 0.3 is 11.9 Å². The summed E-state index contributed by atoms with van der Waals surface area (Å²) in [5, 5.41) is 0. The maximum atomic E-state index is 12.8. The highest BCUT2D eigenvalue weighted by molar-refractivity contribution is 5.83. The molecule has 1 heterocycles. The fourth-order valence-electron chi connectivity index (χ4n) is 8.80. The van der Waals surface area contributed by atoms with Crippen molar-refractivity contribution in [1.29, 1.82) is 0 Å². The molecule has 0 aromatic rings. The number of hydrogen-bond acceptors (Lipinski definition) is 5. The smallest absolute Gasteiger partial charge is 0.313 e. The number of carbonyl (C=O) groups is 3. The van der Waals surface area contributed by atoms with Crippen molar-refractivity contribution in [2.24, 2.45) is 40.4 Å². The van der Waals surface area contributed by atoms with Gasteiger partial charge in [0.2, 0.25) is 0 Å². The summed E-state index contributed by atoms with van der Waals surface area (Å²) in [6.07, 6.45) is 6.44. The van der Waals surface area contributed by atoms with Crippen molar-refractivity contribution in [1.82, 2.24) is 0 Å². The number of Topliss-reactive ketones (excluding diaryl/α,β-unsaturated/α-hetero) is 1. The Kier molecular flexibility index (Phi) is 3.73. The molecule has 0 radical (unpaired) electrons. The van der Waals surface area contributed by atoms with Crippen LogP contribution in [0.5, 0.6) is 0 Å². The third kappa shape index (κ3) is 2.01. The topological polar surface area (TPSA) is 69.7 Å². The van der Waals surface area contributed by atoms with Crippen LogP contribution in [0.2, 0.25) is 0 Å². The molecule has 5 heteroatoms. The predicted octanol–water partition coefficient (Wildman–Crippen LogP) is 3.68. The van der Waals surface area contributed by atoms with Gasteiger partial charge in [-0.25, -0.2) is 0 Å². The Labute approximate surface area is 166 Å². The molecular formula is C23H32O5. The maximum Gasteiger partial charge on any atom is 0.313 e. The summed E-state index contributed by atoms with van der Waals surface area (Å²) in [5.74, 6) is 1.24. The molecular weight excluding hydrogens is 356 g/mol. The monoisotopic (exact) mass is 388 g/mol. The molecule has 5 fully saturated rings. The molecule has 2 unspecified atom stereocenters. The van der Waals surface area contributed by atoms with E-state index in [2.05, 4.69) is 13.8 Å². The van der Waals surface area contributed by atoms with E-state index in [1.807, 2.05) is 0 Å². The lowest BCUT2D eigenvalue weighted by Crippen LogP contribution is -2.66. The van der Waals surface area contributed by atoms with Crippen molar-refractivity contribution in [3.63, 3.8) is 0 Å². The molecule has 154 valence electrons. The van der Waals surface area contributed by atoms with Gasteiger partial charge in [0, 0.05) is 24.7 Å². The van der Waals surface area contributed by atoms with Crippen LogP contribution < -0.4 is 0 Å². The summed E-state index contributed by atoms with van der Waals surface area (Å²) in [7, 11) is 0. The number of ketones is 1. The second kappa shape index (κ2) is 5.60. The largest absolute Gasteiger partial charge is 0.462 e. The summed E-state index contributed by atoms with van der Waals surface area (Å²) in [6, 6.07) is 0. The van der Waals surface area contributed by atoms with E-state index in [0.717, 1.165) is 38.5 Å². The number of esters is 2. The van der Waals surface area contributed by atoms with Gasteiger partial charge in [-0.1, -0.05) is 13.8 Å². The fourth-order valence-corrected chi connectivity index (χ4v) is 8.80. The van der Waals surface area contributed by atoms with Gasteiger partial charge in [0.25, 0.3) is 0 Å². The van der Waals surface area contributed by atoms with Gasteiger partial charge in [0.05, 0.1) is 0 Å². The zero-order valence-electron chi connectivity index (χ0n) is 17.5. The molecule has 0 bridgehead atoms. The SMILES string of the molecule is CC(=O)O[C@H]1CC[C@]2(C)[C@H]3CC[C@]4(C)[C@@H](C(C)=O)CC[C@H]4[C@@H]3C3C(=O)OC32C1. The minimum Gasteiger partial charge on any atom is -0.462 e. The van der Waals surface area contributed by atoms with Gasteiger partial charge in [-0.05, 0) is 68.6 Å². The Morgan fingerprint density at radius 3 is 2.43 bits per heavy atom. The number of rotatable bonds is 2. The molecule has 28 heavy (non-hydrogen) atoms. The molecule has 5 nitrogen and oxygen atoms in total. The molecule has 4 aliphatic carbocycles. The Hall–Kier alpha value is -1.39. The first kappa shape index (κ1) is 18.6. The average Bonchev–Trinajstić information content (AvgIpc) is 3.02. The van der Waals surface area contributed by atoms with E-state index < -0.39 is 5.60 Å². The molecule has 4 saturated carbocycles. The zero-order chi connectivity index (χ0) is 20.1. The Morgan fingerprint density at radius 2 is 1.79 bits per heavy atom. The maximum absolute atomic E-state index is 12.8. The molecule has 0 aromatic carbocycles. The second-order valence-corrected chi connectivity index (χ2v) is 10.8. The van der Waals surface area contributed by atoms with Crippen molar-refractivity contribution in [2.45, 2.75) is 84.3 Å². The Balaban J connectivity index is 1.53. The van der Waals surface area contributed by atoms with Crippen molar-refractivity contribution in [3.8, 4) is 0 Å². The Bertz CT molecular complexity index is 760. The summed E-state index contributed by atoms with van der Waals surface area (Å²) in [4.78, 5) is 36.7. The van der Waals surface area contributed by atoms with Crippen molar-refractivity contribution >= 4 is 17.7 Å². The zero-order valence-corrected chi connectivity index (χ0v) is 17.5. The standard InChI is InChI=1S/C23H32O5/c1-12(24)15-5-6-16-18-17(8-9-21(15,16)3)22(4)10-7-14(27-13(2)25)11-23(22)19(18)20(26)28-23/h14-19H,5-11H2,1-4H3/t14-,15+,16-,17-,18-,19?,21+,22+,23?/m0/s1. The molecule has 5 rings (SSSR count). The van der Waals surface area contributed by atoms with E-state index in [1.165, 1.54) is 6.92 Å². The molecule has 1 saturated heterocycles. The quantitative estimate of drug-likeness (QED) is 0.675. The summed E-state index contributed by atoms with van der Waals surface area (Å²) in [6.45, 7) is 7.82. The minimum absolute atomic E-state index is 0.0171. The van der Waals surface area contributed by atoms with Gasteiger partial charge < -0.3 is 9.47 Å². The predicted molar refractivity (Wildman–Crippen MR) is 101 cm³/mol. The highest BCUT2D eigenvalue weighted by atomic mass is 16.6. The lowest BCUT2D eigenvalue weighted by atomic mass is 9.54. The lowest BCUT2D eigenvalue weighted by Gasteiger charge is -2.57. The van der Waals surface area contributed by atoms with Gasteiger partial charge in [0.1, 0.15) is 23.4 Å². The fraction of sp³-hybridized carbons (Fsp3) is 0.870. The van der Waals surface area contributed by atoms with Crippen LogP contribution in [0.25, 0.3) is 0 Å². The van der Waals surface area contributed by atoms with Crippen molar-refractivity contribution in [3.05, 3.63) is 0 Å². The van der Waals surface area contributed by atoms with E-state index >= 15 is 0 Å². The van der Waals surface area contributed by atoms with E-state index in [9.17, 15) is 14.4 Å². The molecule has 5 aliphatic rings. The van der Waals surface area contributed by atoms with Gasteiger partial charge in [-0.2, -0.15) is 0 Å². The second-order valence-electron chi connectivity index (χ2n) is 10.8. The molecule has 0 N–H and O–H groups in total. The molecule has 1 aliphatic heterocycles. The first-order valence-corrected chi connectivity index (χ1v) is 11.0. The summed E-state index contributed by atoms with van der Waals surface area (Å²) < 4.78 is 11.6. The first-order valence-electron chi connectivity index (χ1n) is 11.0. The summed E-state index contributed by atoms with van der Waals surface area (Å²) in [5.41, 5.74) is -0.497. The van der Waals surface area contributed by atoms with Crippen molar-refractivity contribution in [2.75, 3.05) is 0 Å². The van der Waals surface area contributed by atoms with Crippen LogP contribution in [0.3, 0.4) is 0 Å². The molecule has 1 spiro atoms. The summed E-state index contributed by atoms with van der Waals surface area (Å²) >= 11 is 0. The van der Waals surface area contributed by atoms with E-state index in [4.69, 9.17) is 9.47 Å².